The highest BCUT2D eigenvalue weighted by Crippen LogP contribution is 2.41. The largest absolute Gasteiger partial charge is 0.309 e. The molecule has 0 amide bonds. The van der Waals surface area contributed by atoms with Crippen molar-refractivity contribution in [2.45, 2.75) is 0 Å². The molecule has 10 aromatic rings. The molecule has 1 nitrogen and oxygen atoms in total. The second kappa shape index (κ2) is 9.64. The molecule has 7 aromatic carbocycles. The molecule has 0 N–H and O–H groups in total. The maximum absolute atomic E-state index is 2.45. The van der Waals surface area contributed by atoms with Crippen LogP contribution in [0.25, 0.3) is 90.1 Å². The van der Waals surface area contributed by atoms with E-state index in [-0.39, 0.29) is 0 Å². The Morgan fingerprint density at radius 1 is 0.311 bits per heavy atom. The number of aromatic nitrogens is 1. The van der Waals surface area contributed by atoms with Crippen LogP contribution in [-0.4, -0.2) is 4.57 Å². The summed E-state index contributed by atoms with van der Waals surface area (Å²) in [6, 6.07) is 56.0. The van der Waals surface area contributed by atoms with E-state index in [9.17, 15) is 0 Å². The average Bonchev–Trinajstić information content (AvgIpc) is 3.77. The van der Waals surface area contributed by atoms with Gasteiger partial charge in [-0.3, -0.25) is 0 Å². The number of benzene rings is 7. The van der Waals surface area contributed by atoms with E-state index in [4.69, 9.17) is 0 Å². The average molecular weight is 608 g/mol. The van der Waals surface area contributed by atoms with Gasteiger partial charge in [-0.05, 0) is 82.9 Å². The van der Waals surface area contributed by atoms with Crippen molar-refractivity contribution in [3.63, 3.8) is 0 Å². The van der Waals surface area contributed by atoms with Gasteiger partial charge in [0.25, 0.3) is 0 Å². The van der Waals surface area contributed by atoms with Gasteiger partial charge in [-0.25, -0.2) is 0 Å². The lowest BCUT2D eigenvalue weighted by Gasteiger charge is -2.09. The summed E-state index contributed by atoms with van der Waals surface area (Å²) in [6.45, 7) is 0. The van der Waals surface area contributed by atoms with Gasteiger partial charge in [0.05, 0.1) is 11.0 Å². The van der Waals surface area contributed by atoms with Crippen LogP contribution in [0.4, 0.5) is 0 Å². The molecule has 0 saturated heterocycles. The van der Waals surface area contributed by atoms with E-state index < -0.39 is 0 Å². The summed E-state index contributed by atoms with van der Waals surface area (Å²) >= 11 is 3.74. The molecular weight excluding hydrogens is 583 g/mol. The fourth-order valence-electron chi connectivity index (χ4n) is 7.05. The summed E-state index contributed by atoms with van der Waals surface area (Å²) in [4.78, 5) is 0. The summed E-state index contributed by atoms with van der Waals surface area (Å²) in [5, 5.41) is 7.85. The number of hydrogen-bond acceptors (Lipinski definition) is 2. The van der Waals surface area contributed by atoms with Crippen LogP contribution >= 0.6 is 22.7 Å². The number of rotatable bonds is 3. The Hall–Kier alpha value is -5.22. The number of nitrogens with zero attached hydrogens (tertiary/aromatic N) is 1. The molecule has 0 unspecified atom stereocenters. The van der Waals surface area contributed by atoms with Gasteiger partial charge in [0.15, 0.2) is 0 Å². The molecule has 10 rings (SSSR count). The van der Waals surface area contributed by atoms with Gasteiger partial charge in [-0.2, -0.15) is 0 Å². The van der Waals surface area contributed by atoms with E-state index in [1.807, 2.05) is 22.7 Å². The first-order chi connectivity index (χ1) is 22.3. The van der Waals surface area contributed by atoms with Crippen LogP contribution in [0.15, 0.2) is 152 Å². The topological polar surface area (TPSA) is 4.93 Å². The van der Waals surface area contributed by atoms with Crippen molar-refractivity contribution in [3.8, 4) is 27.9 Å². The summed E-state index contributed by atoms with van der Waals surface area (Å²) < 4.78 is 7.78. The smallest absolute Gasteiger partial charge is 0.0541 e. The molecule has 0 saturated carbocycles. The zero-order chi connectivity index (χ0) is 29.5. The van der Waals surface area contributed by atoms with Crippen LogP contribution in [0.3, 0.4) is 0 Å². The highest BCUT2D eigenvalue weighted by molar-refractivity contribution is 7.26. The molecule has 3 heterocycles. The van der Waals surface area contributed by atoms with Gasteiger partial charge >= 0.3 is 0 Å². The van der Waals surface area contributed by atoms with E-state index >= 15 is 0 Å². The molecule has 210 valence electrons. The Morgan fingerprint density at radius 3 is 1.58 bits per heavy atom. The van der Waals surface area contributed by atoms with Crippen LogP contribution in [0.1, 0.15) is 0 Å². The highest BCUT2D eigenvalue weighted by Gasteiger charge is 2.16. The third kappa shape index (κ3) is 3.85. The first-order valence-corrected chi connectivity index (χ1v) is 16.9. The van der Waals surface area contributed by atoms with E-state index in [1.165, 1.54) is 90.1 Å². The van der Waals surface area contributed by atoms with Crippen molar-refractivity contribution in [1.82, 2.24) is 4.57 Å². The summed E-state index contributed by atoms with van der Waals surface area (Å²) in [6.07, 6.45) is 0. The maximum Gasteiger partial charge on any atom is 0.0541 e. The molecule has 0 fully saturated rings. The van der Waals surface area contributed by atoms with Gasteiger partial charge in [-0.1, -0.05) is 91.0 Å². The van der Waals surface area contributed by atoms with Crippen molar-refractivity contribution >= 4 is 84.8 Å². The SMILES string of the molecule is c1ccc(-c2ccc3c(c2)c2cc(-c4ccc5c(c4)sc4ccccc45)ccc2n3-c2ccc3sc4ccccc4c3c2)cc1. The van der Waals surface area contributed by atoms with Crippen molar-refractivity contribution in [2.24, 2.45) is 0 Å². The third-order valence-electron chi connectivity index (χ3n) is 9.20. The predicted octanol–water partition coefficient (Wildman–Crippen LogP) is 12.9. The molecule has 0 atom stereocenters. The predicted molar refractivity (Wildman–Crippen MR) is 197 cm³/mol. The Morgan fingerprint density at radius 2 is 0.844 bits per heavy atom. The lowest BCUT2D eigenvalue weighted by atomic mass is 9.99. The van der Waals surface area contributed by atoms with E-state index in [0.717, 1.165) is 0 Å². The van der Waals surface area contributed by atoms with Gasteiger partial charge in [0, 0.05) is 56.8 Å². The maximum atomic E-state index is 2.45. The third-order valence-corrected chi connectivity index (χ3v) is 11.5. The Balaban J connectivity index is 1.22. The molecular formula is C42H25NS2. The fraction of sp³-hybridized carbons (Fsp3) is 0. The molecule has 0 spiro atoms. The van der Waals surface area contributed by atoms with Gasteiger partial charge in [0.1, 0.15) is 0 Å². The first kappa shape index (κ1) is 25.1. The molecule has 3 aromatic heterocycles. The molecule has 3 heteroatoms. The van der Waals surface area contributed by atoms with Gasteiger partial charge in [-0.15, -0.1) is 22.7 Å². The molecule has 45 heavy (non-hydrogen) atoms. The van der Waals surface area contributed by atoms with Crippen molar-refractivity contribution in [1.29, 1.82) is 0 Å². The normalized spacial score (nSPS) is 12.0. The van der Waals surface area contributed by atoms with Crippen LogP contribution in [0, 0.1) is 0 Å². The standard InChI is InChI=1S/C42H25NS2/c1-2-8-26(9-3-1)27-15-19-37-34(22-27)35-23-28(29-14-18-33-31-10-4-6-12-39(31)45-42(33)24-29)16-20-38(35)43(37)30-17-21-41-36(25-30)32-11-5-7-13-40(32)44-41/h1-25H. The van der Waals surface area contributed by atoms with E-state index in [2.05, 4.69) is 156 Å². The zero-order valence-electron chi connectivity index (χ0n) is 24.2. The molecule has 0 aliphatic heterocycles. The molecule has 0 bridgehead atoms. The highest BCUT2D eigenvalue weighted by atomic mass is 32.1. The second-order valence-corrected chi connectivity index (χ2v) is 13.9. The minimum atomic E-state index is 1.19. The van der Waals surface area contributed by atoms with Crippen LogP contribution in [-0.2, 0) is 0 Å². The zero-order valence-corrected chi connectivity index (χ0v) is 25.8. The number of hydrogen-bond donors (Lipinski definition) is 0. The molecule has 0 radical (unpaired) electrons. The molecule has 0 aliphatic carbocycles. The Kier molecular flexibility index (Phi) is 5.39. The van der Waals surface area contributed by atoms with Crippen molar-refractivity contribution in [2.75, 3.05) is 0 Å². The van der Waals surface area contributed by atoms with Crippen LogP contribution in [0.2, 0.25) is 0 Å². The second-order valence-electron chi connectivity index (χ2n) is 11.8. The summed E-state index contributed by atoms with van der Waals surface area (Å²) in [5.74, 6) is 0. The summed E-state index contributed by atoms with van der Waals surface area (Å²) in [5.41, 5.74) is 8.60. The minimum absolute atomic E-state index is 1.19. The first-order valence-electron chi connectivity index (χ1n) is 15.3. The molecule has 0 aliphatic rings. The van der Waals surface area contributed by atoms with Crippen molar-refractivity contribution < 1.29 is 0 Å². The summed E-state index contributed by atoms with van der Waals surface area (Å²) in [7, 11) is 0. The van der Waals surface area contributed by atoms with Crippen LogP contribution in [0.5, 0.6) is 0 Å². The van der Waals surface area contributed by atoms with Gasteiger partial charge < -0.3 is 4.57 Å². The lowest BCUT2D eigenvalue weighted by Crippen LogP contribution is -1.93. The monoisotopic (exact) mass is 607 g/mol. The minimum Gasteiger partial charge on any atom is -0.309 e. The van der Waals surface area contributed by atoms with E-state index in [1.54, 1.807) is 0 Å². The quantitative estimate of drug-likeness (QED) is 0.188. The lowest BCUT2D eigenvalue weighted by molar-refractivity contribution is 1.19. The number of fused-ring (bicyclic) bond motifs is 9. The fourth-order valence-corrected chi connectivity index (χ4v) is 9.28. The van der Waals surface area contributed by atoms with E-state index in [0.29, 0.717) is 0 Å². The van der Waals surface area contributed by atoms with Crippen LogP contribution < -0.4 is 0 Å². The van der Waals surface area contributed by atoms with Crippen molar-refractivity contribution in [3.05, 3.63) is 152 Å². The Labute approximate surface area is 267 Å². The van der Waals surface area contributed by atoms with Gasteiger partial charge in [0.2, 0.25) is 0 Å². The Bertz CT molecular complexity index is 2760. The number of thiophene rings is 2.